The summed E-state index contributed by atoms with van der Waals surface area (Å²) in [6.45, 7) is 17.2. The molecule has 0 saturated heterocycles. The maximum Gasteiger partial charge on any atom is 0.302 e. The number of carbonyl (C=O) groups excluding carboxylic acids is 2. The first-order valence-electron chi connectivity index (χ1n) is 13.0. The molecule has 6 heteroatoms. The zero-order valence-corrected chi connectivity index (χ0v) is 23.1. The normalized spacial score (nSPS) is 21.2. The molecule has 3 rings (SSSR count). The van der Waals surface area contributed by atoms with Crippen LogP contribution in [-0.2, 0) is 14.3 Å². The second-order valence-corrected chi connectivity index (χ2v) is 10.9. The fourth-order valence-electron chi connectivity index (χ4n) is 5.44. The van der Waals surface area contributed by atoms with E-state index in [1.807, 2.05) is 7.05 Å². The summed E-state index contributed by atoms with van der Waals surface area (Å²) < 4.78 is 5.35. The maximum absolute atomic E-state index is 13.4. The van der Waals surface area contributed by atoms with E-state index in [2.05, 4.69) is 92.7 Å². The standard InChI is InChI=1S/C30H43N3O3/c1-9-30(7,16-11-12-20(2)3)33-17-15-23-18-24(19-36-22(6)34)31-29(35)28(21(4)5)32(8)25-13-10-14-26(33)27(23)25/h9-10,12-15,21,24,28H,1,11,16-19H2,2-8H3,(H,31,35)/t24?,28-,30-/m0/s1. The zero-order valence-electron chi connectivity index (χ0n) is 23.1. The number of hydrogen-bond acceptors (Lipinski definition) is 5. The highest BCUT2D eigenvalue weighted by Crippen LogP contribution is 2.45. The number of hydrogen-bond donors (Lipinski definition) is 1. The molecule has 2 aliphatic heterocycles. The van der Waals surface area contributed by atoms with Gasteiger partial charge in [-0.2, -0.15) is 0 Å². The Morgan fingerprint density at radius 2 is 1.97 bits per heavy atom. The van der Waals surface area contributed by atoms with Crippen molar-refractivity contribution in [3.63, 3.8) is 0 Å². The smallest absolute Gasteiger partial charge is 0.302 e. The Kier molecular flexibility index (Phi) is 8.70. The summed E-state index contributed by atoms with van der Waals surface area (Å²) in [5.41, 5.74) is 5.60. The van der Waals surface area contributed by atoms with Crippen LogP contribution >= 0.6 is 0 Å². The Morgan fingerprint density at radius 3 is 2.58 bits per heavy atom. The predicted octanol–water partition coefficient (Wildman–Crippen LogP) is 5.49. The van der Waals surface area contributed by atoms with Crippen LogP contribution in [0.2, 0.25) is 0 Å². The van der Waals surface area contributed by atoms with E-state index >= 15 is 0 Å². The van der Waals surface area contributed by atoms with Gasteiger partial charge >= 0.3 is 5.97 Å². The van der Waals surface area contributed by atoms with E-state index in [-0.39, 0.29) is 42.0 Å². The molecule has 1 aromatic carbocycles. The molecule has 0 spiro atoms. The first kappa shape index (κ1) is 27.6. The molecule has 6 nitrogen and oxygen atoms in total. The molecule has 0 saturated carbocycles. The summed E-state index contributed by atoms with van der Waals surface area (Å²) in [6, 6.07) is 5.73. The monoisotopic (exact) mass is 493 g/mol. The SMILES string of the molecule is C=C[C@@](C)(CCC=C(C)C)N1CC=C2CC(COC(C)=O)NC(=O)[C@H](C(C)C)N(C)c3cccc1c32. The average Bonchev–Trinajstić information content (AvgIpc) is 2.85. The van der Waals surface area contributed by atoms with Crippen LogP contribution < -0.4 is 15.1 Å². The lowest BCUT2D eigenvalue weighted by Gasteiger charge is -2.45. The minimum atomic E-state index is -0.352. The number of nitrogens with zero attached hydrogens (tertiary/aromatic N) is 2. The molecular weight excluding hydrogens is 450 g/mol. The van der Waals surface area contributed by atoms with Crippen LogP contribution in [0, 0.1) is 5.92 Å². The van der Waals surface area contributed by atoms with Crippen molar-refractivity contribution in [1.29, 1.82) is 0 Å². The third kappa shape index (κ3) is 5.85. The molecule has 2 aliphatic rings. The van der Waals surface area contributed by atoms with E-state index in [1.54, 1.807) is 0 Å². The van der Waals surface area contributed by atoms with Crippen LogP contribution in [0.5, 0.6) is 0 Å². The average molecular weight is 494 g/mol. The maximum atomic E-state index is 13.4. The van der Waals surface area contributed by atoms with Crippen molar-refractivity contribution in [2.24, 2.45) is 5.92 Å². The lowest BCUT2D eigenvalue weighted by atomic mass is 9.86. The minimum Gasteiger partial charge on any atom is -0.464 e. The third-order valence-electron chi connectivity index (χ3n) is 7.41. The van der Waals surface area contributed by atoms with Gasteiger partial charge < -0.3 is 19.9 Å². The number of allylic oxidation sites excluding steroid dienone is 2. The Labute approximate surface area is 217 Å². The van der Waals surface area contributed by atoms with Gasteiger partial charge in [0.25, 0.3) is 0 Å². The van der Waals surface area contributed by atoms with Crippen LogP contribution in [0.25, 0.3) is 5.57 Å². The van der Waals surface area contributed by atoms with Crippen molar-refractivity contribution in [3.05, 3.63) is 54.1 Å². The molecule has 36 heavy (non-hydrogen) atoms. The lowest BCUT2D eigenvalue weighted by Crippen LogP contribution is -2.51. The molecule has 1 amide bonds. The van der Waals surface area contributed by atoms with Gasteiger partial charge in [0.2, 0.25) is 5.91 Å². The molecular formula is C30H43N3O3. The number of esters is 1. The van der Waals surface area contributed by atoms with Crippen LogP contribution in [-0.4, -0.2) is 49.7 Å². The summed E-state index contributed by atoms with van der Waals surface area (Å²) in [6.07, 6.45) is 9.14. The second kappa shape index (κ2) is 11.4. The number of amides is 1. The number of benzene rings is 1. The highest BCUT2D eigenvalue weighted by molar-refractivity contribution is 5.93. The Balaban J connectivity index is 2.13. The van der Waals surface area contributed by atoms with Crippen LogP contribution in [0.4, 0.5) is 11.4 Å². The van der Waals surface area contributed by atoms with Gasteiger partial charge in [-0.05, 0) is 63.7 Å². The first-order chi connectivity index (χ1) is 17.0. The number of likely N-dealkylation sites (N-methyl/N-ethyl adjacent to an activating group) is 1. The molecule has 0 fully saturated rings. The fourth-order valence-corrected chi connectivity index (χ4v) is 5.44. The van der Waals surface area contributed by atoms with E-state index in [0.29, 0.717) is 6.42 Å². The fraction of sp³-hybridized carbons (Fsp3) is 0.533. The number of anilines is 2. The van der Waals surface area contributed by atoms with Gasteiger partial charge in [0, 0.05) is 37.5 Å². The number of ether oxygens (including phenoxy) is 1. The van der Waals surface area contributed by atoms with Gasteiger partial charge in [-0.15, -0.1) is 6.58 Å². The number of rotatable bonds is 8. The van der Waals surface area contributed by atoms with Gasteiger partial charge in [-0.25, -0.2) is 0 Å². The largest absolute Gasteiger partial charge is 0.464 e. The van der Waals surface area contributed by atoms with Crippen molar-refractivity contribution in [3.8, 4) is 0 Å². The van der Waals surface area contributed by atoms with Crippen molar-refractivity contribution >= 4 is 28.8 Å². The summed E-state index contributed by atoms with van der Waals surface area (Å²) in [5.74, 6) is -0.298. The van der Waals surface area contributed by atoms with E-state index in [0.717, 1.165) is 36.3 Å². The van der Waals surface area contributed by atoms with Gasteiger partial charge in [0.1, 0.15) is 12.6 Å². The summed E-state index contributed by atoms with van der Waals surface area (Å²) in [7, 11) is 2.00. The quantitative estimate of drug-likeness (QED) is 0.383. The van der Waals surface area contributed by atoms with E-state index < -0.39 is 0 Å². The van der Waals surface area contributed by atoms with Crippen LogP contribution in [0.15, 0.2) is 48.6 Å². The minimum absolute atomic E-state index is 0.0454. The second-order valence-electron chi connectivity index (χ2n) is 10.9. The van der Waals surface area contributed by atoms with Crippen LogP contribution in [0.3, 0.4) is 0 Å². The Morgan fingerprint density at radius 1 is 1.28 bits per heavy atom. The van der Waals surface area contributed by atoms with Gasteiger partial charge in [0.05, 0.1) is 11.6 Å². The molecule has 3 atom stereocenters. The van der Waals surface area contributed by atoms with E-state index in [9.17, 15) is 9.59 Å². The van der Waals surface area contributed by atoms with E-state index in [1.165, 1.54) is 18.1 Å². The molecule has 0 aliphatic carbocycles. The third-order valence-corrected chi connectivity index (χ3v) is 7.41. The van der Waals surface area contributed by atoms with Crippen LogP contribution in [0.1, 0.15) is 66.4 Å². The van der Waals surface area contributed by atoms with Crippen molar-refractivity contribution < 1.29 is 14.3 Å². The van der Waals surface area contributed by atoms with E-state index in [4.69, 9.17) is 4.74 Å². The first-order valence-corrected chi connectivity index (χ1v) is 13.0. The molecule has 2 heterocycles. The molecule has 0 aromatic heterocycles. The number of carbonyl (C=O) groups is 2. The molecule has 1 N–H and O–H groups in total. The molecule has 0 bridgehead atoms. The Hall–Kier alpha value is -3.02. The Bertz CT molecular complexity index is 1050. The van der Waals surface area contributed by atoms with Gasteiger partial charge in [0.15, 0.2) is 0 Å². The molecule has 1 aromatic rings. The topological polar surface area (TPSA) is 61.9 Å². The predicted molar refractivity (Wildman–Crippen MR) is 149 cm³/mol. The zero-order chi connectivity index (χ0) is 26.6. The highest BCUT2D eigenvalue weighted by Gasteiger charge is 2.37. The lowest BCUT2D eigenvalue weighted by molar-refractivity contribution is -0.142. The van der Waals surface area contributed by atoms with Crippen molar-refractivity contribution in [1.82, 2.24) is 5.32 Å². The summed E-state index contributed by atoms with van der Waals surface area (Å²) in [5, 5.41) is 3.17. The summed E-state index contributed by atoms with van der Waals surface area (Å²) >= 11 is 0. The van der Waals surface area contributed by atoms with Crippen molar-refractivity contribution in [2.75, 3.05) is 30.0 Å². The summed E-state index contributed by atoms with van der Waals surface area (Å²) in [4.78, 5) is 29.5. The van der Waals surface area contributed by atoms with Gasteiger partial charge in [-0.3, -0.25) is 9.59 Å². The molecule has 196 valence electrons. The molecule has 1 unspecified atom stereocenters. The highest BCUT2D eigenvalue weighted by atomic mass is 16.5. The van der Waals surface area contributed by atoms with Gasteiger partial charge in [-0.1, -0.05) is 43.7 Å². The molecule has 0 radical (unpaired) electrons. The van der Waals surface area contributed by atoms with Crippen molar-refractivity contribution in [2.45, 2.75) is 78.4 Å². The number of nitrogens with one attached hydrogen (secondary N) is 1.